The Balaban J connectivity index is 1.28. The van der Waals surface area contributed by atoms with Gasteiger partial charge in [0.2, 0.25) is 0 Å². The maximum Gasteiger partial charge on any atom is 0.253 e. The number of aromatic nitrogens is 1. The predicted molar refractivity (Wildman–Crippen MR) is 127 cm³/mol. The fourth-order valence-corrected chi connectivity index (χ4v) is 4.32. The van der Waals surface area contributed by atoms with Crippen LogP contribution in [0.15, 0.2) is 85.1 Å². The smallest absolute Gasteiger partial charge is 0.253 e. The normalized spacial score (nSPS) is 14.1. The van der Waals surface area contributed by atoms with Gasteiger partial charge in [-0.05, 0) is 47.5 Å². The first-order valence-corrected chi connectivity index (χ1v) is 10.8. The van der Waals surface area contributed by atoms with Gasteiger partial charge >= 0.3 is 0 Å². The first kappa shape index (κ1) is 19.6. The molecule has 0 saturated carbocycles. The molecule has 1 aliphatic rings. The van der Waals surface area contributed by atoms with Crippen molar-refractivity contribution in [3.8, 4) is 11.1 Å². The van der Waals surface area contributed by atoms with Crippen LogP contribution in [-0.2, 0) is 0 Å². The molecule has 0 atom stereocenters. The van der Waals surface area contributed by atoms with E-state index in [2.05, 4.69) is 22.0 Å². The number of anilines is 1. The summed E-state index contributed by atoms with van der Waals surface area (Å²) in [5, 5.41) is 1.77. The molecule has 1 fully saturated rings. The lowest BCUT2D eigenvalue weighted by Gasteiger charge is -2.36. The van der Waals surface area contributed by atoms with Crippen LogP contribution in [-0.4, -0.2) is 42.0 Å². The molecule has 1 saturated heterocycles. The third-order valence-corrected chi connectivity index (χ3v) is 6.06. The Morgan fingerprint density at radius 1 is 0.806 bits per heavy atom. The molecule has 3 aromatic carbocycles. The summed E-state index contributed by atoms with van der Waals surface area (Å²) in [5.41, 5.74) is 5.03. The quantitative estimate of drug-likeness (QED) is 0.432. The molecule has 0 N–H and O–H groups in total. The van der Waals surface area contributed by atoms with Crippen molar-refractivity contribution in [3.63, 3.8) is 0 Å². The van der Waals surface area contributed by atoms with Crippen LogP contribution in [0.3, 0.4) is 0 Å². The molecular formula is C26H22ClN3O. The summed E-state index contributed by atoms with van der Waals surface area (Å²) in [4.78, 5) is 21.7. The predicted octanol–water partition coefficient (Wildman–Crippen LogP) is 5.52. The van der Waals surface area contributed by atoms with Gasteiger partial charge in [-0.15, -0.1) is 0 Å². The molecule has 1 aliphatic heterocycles. The minimum Gasteiger partial charge on any atom is -0.367 e. The minimum absolute atomic E-state index is 0.0885. The van der Waals surface area contributed by atoms with Crippen molar-refractivity contribution in [2.45, 2.75) is 0 Å². The lowest BCUT2D eigenvalue weighted by Crippen LogP contribution is -2.48. The van der Waals surface area contributed by atoms with Crippen LogP contribution < -0.4 is 4.90 Å². The Kier molecular flexibility index (Phi) is 5.31. The van der Waals surface area contributed by atoms with E-state index in [1.165, 1.54) is 0 Å². The Bertz CT molecular complexity index is 1220. The SMILES string of the molecule is O=C(c1ccc(-c2ccccc2)cc1)N1CCN(c2ccnc3cc(Cl)ccc23)CC1. The Morgan fingerprint density at radius 2 is 1.52 bits per heavy atom. The summed E-state index contributed by atoms with van der Waals surface area (Å²) in [6, 6.07) is 25.9. The Labute approximate surface area is 186 Å². The second-order valence-corrected chi connectivity index (χ2v) is 8.15. The van der Waals surface area contributed by atoms with E-state index in [0.29, 0.717) is 18.1 Å². The highest BCUT2D eigenvalue weighted by atomic mass is 35.5. The van der Waals surface area contributed by atoms with Crippen LogP contribution in [0.4, 0.5) is 5.69 Å². The van der Waals surface area contributed by atoms with Crippen molar-refractivity contribution >= 4 is 34.1 Å². The topological polar surface area (TPSA) is 36.4 Å². The number of fused-ring (bicyclic) bond motifs is 1. The van der Waals surface area contributed by atoms with Crippen LogP contribution in [0.5, 0.6) is 0 Å². The van der Waals surface area contributed by atoms with Crippen LogP contribution in [0, 0.1) is 0 Å². The summed E-state index contributed by atoms with van der Waals surface area (Å²) in [6.45, 7) is 2.96. The molecule has 0 aliphatic carbocycles. The monoisotopic (exact) mass is 427 g/mol. The van der Waals surface area contributed by atoms with Crippen LogP contribution >= 0.6 is 11.6 Å². The van der Waals surface area contributed by atoms with Gasteiger partial charge in [-0.3, -0.25) is 9.78 Å². The summed E-state index contributed by atoms with van der Waals surface area (Å²) in [6.07, 6.45) is 1.82. The molecule has 4 nitrogen and oxygen atoms in total. The Hall–Kier alpha value is -3.37. The van der Waals surface area contributed by atoms with E-state index in [0.717, 1.165) is 46.4 Å². The van der Waals surface area contributed by atoms with Gasteiger partial charge in [-0.1, -0.05) is 54.1 Å². The summed E-state index contributed by atoms with van der Waals surface area (Å²) >= 11 is 6.12. The fraction of sp³-hybridized carbons (Fsp3) is 0.154. The molecule has 5 rings (SSSR count). The van der Waals surface area contributed by atoms with E-state index < -0.39 is 0 Å². The number of hydrogen-bond donors (Lipinski definition) is 0. The highest BCUT2D eigenvalue weighted by molar-refractivity contribution is 6.31. The maximum atomic E-state index is 13.0. The summed E-state index contributed by atoms with van der Waals surface area (Å²) < 4.78 is 0. The van der Waals surface area contributed by atoms with E-state index in [-0.39, 0.29) is 5.91 Å². The minimum atomic E-state index is 0.0885. The van der Waals surface area contributed by atoms with Crippen molar-refractivity contribution in [2.75, 3.05) is 31.1 Å². The zero-order valence-electron chi connectivity index (χ0n) is 17.0. The van der Waals surface area contributed by atoms with Crippen molar-refractivity contribution in [2.24, 2.45) is 0 Å². The molecule has 0 unspecified atom stereocenters. The molecule has 31 heavy (non-hydrogen) atoms. The number of piperazine rings is 1. The number of halogens is 1. The van der Waals surface area contributed by atoms with Crippen molar-refractivity contribution in [1.29, 1.82) is 0 Å². The van der Waals surface area contributed by atoms with Gasteiger partial charge in [0.05, 0.1) is 5.52 Å². The van der Waals surface area contributed by atoms with E-state index >= 15 is 0 Å². The average molecular weight is 428 g/mol. The van der Waals surface area contributed by atoms with Crippen molar-refractivity contribution in [1.82, 2.24) is 9.88 Å². The van der Waals surface area contributed by atoms with Gasteiger partial charge in [-0.25, -0.2) is 0 Å². The van der Waals surface area contributed by atoms with Crippen LogP contribution in [0.25, 0.3) is 22.0 Å². The van der Waals surface area contributed by atoms with Crippen LogP contribution in [0.2, 0.25) is 5.02 Å². The number of hydrogen-bond acceptors (Lipinski definition) is 3. The summed E-state index contributed by atoms with van der Waals surface area (Å²) in [7, 11) is 0. The molecule has 0 bridgehead atoms. The van der Waals surface area contributed by atoms with E-state index in [1.807, 2.05) is 77.8 Å². The number of carbonyl (C=O) groups is 1. The van der Waals surface area contributed by atoms with Gasteiger partial charge in [0.1, 0.15) is 0 Å². The molecule has 1 aromatic heterocycles. The van der Waals surface area contributed by atoms with Crippen molar-refractivity contribution in [3.05, 3.63) is 95.6 Å². The molecule has 2 heterocycles. The van der Waals surface area contributed by atoms with E-state index in [4.69, 9.17) is 11.6 Å². The second kappa shape index (κ2) is 8.40. The standard InChI is InChI=1S/C26H22ClN3O/c27-22-10-11-23-24(18-22)28-13-12-25(23)29-14-16-30(17-15-29)26(31)21-8-6-20(7-9-21)19-4-2-1-3-5-19/h1-13,18H,14-17H2. The largest absolute Gasteiger partial charge is 0.367 e. The molecule has 0 spiro atoms. The first-order valence-electron chi connectivity index (χ1n) is 10.4. The number of benzene rings is 3. The number of amides is 1. The van der Waals surface area contributed by atoms with Crippen LogP contribution in [0.1, 0.15) is 10.4 Å². The molecule has 154 valence electrons. The first-order chi connectivity index (χ1) is 15.2. The average Bonchev–Trinajstić information content (AvgIpc) is 2.84. The third kappa shape index (κ3) is 3.99. The zero-order valence-corrected chi connectivity index (χ0v) is 17.8. The zero-order chi connectivity index (χ0) is 21.2. The van der Waals surface area contributed by atoms with E-state index in [9.17, 15) is 4.79 Å². The molecule has 4 aromatic rings. The van der Waals surface area contributed by atoms with Crippen molar-refractivity contribution < 1.29 is 4.79 Å². The molecular weight excluding hydrogens is 406 g/mol. The molecule has 0 radical (unpaired) electrons. The Morgan fingerprint density at radius 3 is 2.26 bits per heavy atom. The lowest BCUT2D eigenvalue weighted by molar-refractivity contribution is 0.0747. The highest BCUT2D eigenvalue weighted by Gasteiger charge is 2.23. The fourth-order valence-electron chi connectivity index (χ4n) is 4.15. The second-order valence-electron chi connectivity index (χ2n) is 7.71. The van der Waals surface area contributed by atoms with Gasteiger partial charge < -0.3 is 9.80 Å². The number of rotatable bonds is 3. The number of pyridine rings is 1. The van der Waals surface area contributed by atoms with E-state index in [1.54, 1.807) is 0 Å². The highest BCUT2D eigenvalue weighted by Crippen LogP contribution is 2.28. The van der Waals surface area contributed by atoms with Gasteiger partial charge in [0.15, 0.2) is 0 Å². The number of carbonyl (C=O) groups excluding carboxylic acids is 1. The maximum absolute atomic E-state index is 13.0. The molecule has 1 amide bonds. The van der Waals surface area contributed by atoms with Gasteiger partial charge in [0.25, 0.3) is 5.91 Å². The third-order valence-electron chi connectivity index (χ3n) is 5.83. The molecule has 5 heteroatoms. The van der Waals surface area contributed by atoms with Gasteiger partial charge in [-0.2, -0.15) is 0 Å². The number of nitrogens with zero attached hydrogens (tertiary/aromatic N) is 3. The van der Waals surface area contributed by atoms with Gasteiger partial charge in [0, 0.05) is 54.0 Å². The summed E-state index contributed by atoms with van der Waals surface area (Å²) in [5.74, 6) is 0.0885. The lowest BCUT2D eigenvalue weighted by atomic mass is 10.0.